The molecule has 0 radical (unpaired) electrons. The van der Waals surface area contributed by atoms with Crippen molar-refractivity contribution < 1.29 is 14.0 Å². The quantitative estimate of drug-likeness (QED) is 0.930. The van der Waals surface area contributed by atoms with E-state index in [4.69, 9.17) is 4.42 Å². The molecule has 1 aliphatic heterocycles. The molecule has 5 nitrogen and oxygen atoms in total. The Balaban J connectivity index is 1.52. The molecular formula is C20H24N2O3. The van der Waals surface area contributed by atoms with Crippen molar-refractivity contribution in [2.75, 3.05) is 13.1 Å². The molecule has 1 atom stereocenters. The smallest absolute Gasteiger partial charge is 0.255 e. The summed E-state index contributed by atoms with van der Waals surface area (Å²) in [6.45, 7) is 5.07. The number of amides is 2. The van der Waals surface area contributed by atoms with Crippen molar-refractivity contribution in [3.8, 4) is 0 Å². The molecule has 1 N–H and O–H groups in total. The number of carbonyl (C=O) groups excluding carboxylic acids is 2. The second-order valence-electron chi connectivity index (χ2n) is 6.60. The average molecular weight is 340 g/mol. The third-order valence-corrected chi connectivity index (χ3v) is 4.92. The predicted octanol–water partition coefficient (Wildman–Crippen LogP) is 3.11. The number of hydrogen-bond donors (Lipinski definition) is 1. The fraction of sp³-hybridized carbons (Fsp3) is 0.400. The monoisotopic (exact) mass is 340 g/mol. The van der Waals surface area contributed by atoms with Gasteiger partial charge in [-0.25, -0.2) is 0 Å². The summed E-state index contributed by atoms with van der Waals surface area (Å²) in [5.74, 6) is 0.540. The highest BCUT2D eigenvalue weighted by molar-refractivity contribution is 5.95. The van der Waals surface area contributed by atoms with Crippen molar-refractivity contribution in [1.29, 1.82) is 0 Å². The maximum atomic E-state index is 12.7. The summed E-state index contributed by atoms with van der Waals surface area (Å²) >= 11 is 0. The Kier molecular flexibility index (Phi) is 5.22. The molecule has 0 saturated carbocycles. The van der Waals surface area contributed by atoms with Gasteiger partial charge in [-0.1, -0.05) is 30.3 Å². The van der Waals surface area contributed by atoms with Crippen molar-refractivity contribution in [3.63, 3.8) is 0 Å². The van der Waals surface area contributed by atoms with E-state index >= 15 is 0 Å². The summed E-state index contributed by atoms with van der Waals surface area (Å²) in [5, 5.41) is 3.05. The molecule has 2 amide bonds. The van der Waals surface area contributed by atoms with E-state index in [0.717, 1.165) is 18.4 Å². The number of piperidine rings is 1. The van der Waals surface area contributed by atoms with E-state index in [2.05, 4.69) is 5.32 Å². The van der Waals surface area contributed by atoms with Crippen molar-refractivity contribution in [2.45, 2.75) is 38.6 Å². The number of rotatable bonds is 4. The van der Waals surface area contributed by atoms with Gasteiger partial charge in [0.05, 0.1) is 17.7 Å². The first-order valence-corrected chi connectivity index (χ1v) is 8.75. The molecule has 132 valence electrons. The van der Waals surface area contributed by atoms with Crippen molar-refractivity contribution >= 4 is 11.8 Å². The predicted molar refractivity (Wildman–Crippen MR) is 95.4 cm³/mol. The number of likely N-dealkylation sites (tertiary alicyclic amines) is 1. The Morgan fingerprint density at radius 2 is 1.84 bits per heavy atom. The normalized spacial score (nSPS) is 16.5. The molecular weight excluding hydrogens is 316 g/mol. The summed E-state index contributed by atoms with van der Waals surface area (Å²) in [4.78, 5) is 26.8. The van der Waals surface area contributed by atoms with Gasteiger partial charge in [0.15, 0.2) is 0 Å². The van der Waals surface area contributed by atoms with E-state index in [1.165, 1.54) is 6.26 Å². The Morgan fingerprint density at radius 3 is 2.44 bits per heavy atom. The van der Waals surface area contributed by atoms with Gasteiger partial charge in [0, 0.05) is 19.1 Å². The molecule has 5 heteroatoms. The van der Waals surface area contributed by atoms with Gasteiger partial charge >= 0.3 is 0 Å². The highest BCUT2D eigenvalue weighted by Gasteiger charge is 2.27. The van der Waals surface area contributed by atoms with Gasteiger partial charge in [-0.3, -0.25) is 9.59 Å². The summed E-state index contributed by atoms with van der Waals surface area (Å²) in [6, 6.07) is 11.6. The number of nitrogens with one attached hydrogen (secondary N) is 1. The average Bonchev–Trinajstić information content (AvgIpc) is 3.08. The van der Waals surface area contributed by atoms with Crippen LogP contribution < -0.4 is 5.32 Å². The van der Waals surface area contributed by atoms with Gasteiger partial charge in [-0.2, -0.15) is 0 Å². The lowest BCUT2D eigenvalue weighted by Crippen LogP contribution is -2.47. The van der Waals surface area contributed by atoms with Crippen molar-refractivity contribution in [2.24, 2.45) is 0 Å². The first-order chi connectivity index (χ1) is 12.1. The maximum Gasteiger partial charge on any atom is 0.255 e. The van der Waals surface area contributed by atoms with E-state index in [0.29, 0.717) is 24.4 Å². The summed E-state index contributed by atoms with van der Waals surface area (Å²) < 4.78 is 5.18. The number of aryl methyl sites for hydroxylation is 1. The van der Waals surface area contributed by atoms with E-state index in [-0.39, 0.29) is 23.8 Å². The van der Waals surface area contributed by atoms with Gasteiger partial charge < -0.3 is 14.6 Å². The molecule has 1 fully saturated rings. The van der Waals surface area contributed by atoms with Crippen LogP contribution in [-0.4, -0.2) is 35.8 Å². The zero-order valence-corrected chi connectivity index (χ0v) is 14.7. The van der Waals surface area contributed by atoms with Crippen molar-refractivity contribution in [3.05, 3.63) is 59.5 Å². The van der Waals surface area contributed by atoms with Gasteiger partial charge in [0.25, 0.3) is 5.91 Å². The maximum absolute atomic E-state index is 12.7. The largest absolute Gasteiger partial charge is 0.469 e. The number of hydrogen-bond acceptors (Lipinski definition) is 3. The molecule has 1 aromatic carbocycles. The lowest BCUT2D eigenvalue weighted by molar-refractivity contribution is -0.133. The number of nitrogens with zero attached hydrogens (tertiary/aromatic N) is 1. The highest BCUT2D eigenvalue weighted by atomic mass is 16.3. The molecule has 1 unspecified atom stereocenters. The third-order valence-electron chi connectivity index (χ3n) is 4.92. The zero-order chi connectivity index (χ0) is 17.8. The fourth-order valence-electron chi connectivity index (χ4n) is 3.29. The molecule has 2 aromatic rings. The summed E-state index contributed by atoms with van der Waals surface area (Å²) in [5.41, 5.74) is 1.62. The Bertz CT molecular complexity index is 730. The number of furan rings is 1. The van der Waals surface area contributed by atoms with Crippen LogP contribution in [0.1, 0.15) is 47.4 Å². The second-order valence-corrected chi connectivity index (χ2v) is 6.60. The molecule has 0 spiro atoms. The van der Waals surface area contributed by atoms with Gasteiger partial charge in [0.2, 0.25) is 5.91 Å². The van der Waals surface area contributed by atoms with Gasteiger partial charge in [0.1, 0.15) is 5.76 Å². The number of carbonyl (C=O) groups is 2. The van der Waals surface area contributed by atoms with E-state index in [1.54, 1.807) is 13.0 Å². The van der Waals surface area contributed by atoms with Crippen LogP contribution in [0.4, 0.5) is 0 Å². The molecule has 1 saturated heterocycles. The standard InChI is InChI=1S/C20H24N2O3/c1-14(16-6-4-3-5-7-16)20(24)22-11-8-17(9-12-22)21-19(23)18-10-13-25-15(18)2/h3-7,10,13-14,17H,8-9,11-12H2,1-2H3,(H,21,23). The minimum atomic E-state index is -0.138. The van der Waals surface area contributed by atoms with Crippen LogP contribution in [-0.2, 0) is 4.79 Å². The zero-order valence-electron chi connectivity index (χ0n) is 14.7. The van der Waals surface area contributed by atoms with Crippen LogP contribution in [0.2, 0.25) is 0 Å². The fourth-order valence-corrected chi connectivity index (χ4v) is 3.29. The number of benzene rings is 1. The van der Waals surface area contributed by atoms with E-state index in [1.807, 2.05) is 42.2 Å². The Labute approximate surface area is 148 Å². The Hall–Kier alpha value is -2.56. The second kappa shape index (κ2) is 7.55. The molecule has 1 aliphatic rings. The van der Waals surface area contributed by atoms with Crippen LogP contribution in [0, 0.1) is 6.92 Å². The third kappa shape index (κ3) is 3.92. The molecule has 1 aromatic heterocycles. The molecule has 2 heterocycles. The lowest BCUT2D eigenvalue weighted by atomic mass is 9.97. The minimum Gasteiger partial charge on any atom is -0.469 e. The molecule has 0 bridgehead atoms. The lowest BCUT2D eigenvalue weighted by Gasteiger charge is -2.34. The van der Waals surface area contributed by atoms with Gasteiger partial charge in [-0.15, -0.1) is 0 Å². The Morgan fingerprint density at radius 1 is 1.16 bits per heavy atom. The minimum absolute atomic E-state index is 0.0953. The molecule has 25 heavy (non-hydrogen) atoms. The topological polar surface area (TPSA) is 62.6 Å². The SMILES string of the molecule is Cc1occc1C(=O)NC1CCN(C(=O)C(C)c2ccccc2)CC1. The van der Waals surface area contributed by atoms with Gasteiger partial charge in [-0.05, 0) is 38.3 Å². The van der Waals surface area contributed by atoms with Crippen LogP contribution in [0.25, 0.3) is 0 Å². The van der Waals surface area contributed by atoms with E-state index in [9.17, 15) is 9.59 Å². The van der Waals surface area contributed by atoms with E-state index < -0.39 is 0 Å². The summed E-state index contributed by atoms with van der Waals surface area (Å²) in [6.07, 6.45) is 3.07. The van der Waals surface area contributed by atoms with Crippen LogP contribution in [0.15, 0.2) is 47.1 Å². The molecule has 0 aliphatic carbocycles. The van der Waals surface area contributed by atoms with Crippen LogP contribution in [0.5, 0.6) is 0 Å². The summed E-state index contributed by atoms with van der Waals surface area (Å²) in [7, 11) is 0. The highest BCUT2D eigenvalue weighted by Crippen LogP contribution is 2.21. The molecule has 3 rings (SSSR count). The van der Waals surface area contributed by atoms with Crippen molar-refractivity contribution in [1.82, 2.24) is 10.2 Å². The first kappa shape index (κ1) is 17.3. The van der Waals surface area contributed by atoms with Crippen LogP contribution >= 0.6 is 0 Å². The van der Waals surface area contributed by atoms with Crippen LogP contribution in [0.3, 0.4) is 0 Å². The first-order valence-electron chi connectivity index (χ1n) is 8.75.